The summed E-state index contributed by atoms with van der Waals surface area (Å²) >= 11 is 0. The minimum Gasteiger partial charge on any atom is -0.353 e. The molecule has 31 heavy (non-hydrogen) atoms. The molecule has 5 heteroatoms. The molecular weight excluding hydrogens is 406 g/mol. The largest absolute Gasteiger partial charge is 0.353 e. The van der Waals surface area contributed by atoms with Gasteiger partial charge in [-0.05, 0) is 82.5 Å². The number of aromatic nitrogens is 1. The van der Waals surface area contributed by atoms with Crippen molar-refractivity contribution in [3.8, 4) is 0 Å². The highest BCUT2D eigenvalue weighted by Gasteiger charge is 2.42. The van der Waals surface area contributed by atoms with E-state index in [-0.39, 0.29) is 24.2 Å². The molecule has 0 radical (unpaired) electrons. The predicted octanol–water partition coefficient (Wildman–Crippen LogP) is 5.30. The lowest BCUT2D eigenvalue weighted by atomic mass is 9.72. The normalized spacial score (nSPS) is 30.7. The quantitative estimate of drug-likeness (QED) is 0.698. The van der Waals surface area contributed by atoms with E-state index >= 15 is 0 Å². The van der Waals surface area contributed by atoms with Gasteiger partial charge in [-0.1, -0.05) is 19.1 Å². The number of piperidine rings is 1. The Morgan fingerprint density at radius 2 is 1.90 bits per heavy atom. The van der Waals surface area contributed by atoms with E-state index in [1.807, 2.05) is 0 Å². The highest BCUT2D eigenvalue weighted by molar-refractivity contribution is 5.89. The van der Waals surface area contributed by atoms with Crippen molar-refractivity contribution in [2.75, 3.05) is 13.6 Å². The van der Waals surface area contributed by atoms with Crippen molar-refractivity contribution in [2.24, 2.45) is 11.8 Å². The molecule has 2 aliphatic carbocycles. The van der Waals surface area contributed by atoms with Crippen LogP contribution in [-0.4, -0.2) is 41.1 Å². The molecule has 5 rings (SSSR count). The Morgan fingerprint density at radius 3 is 2.61 bits per heavy atom. The molecule has 1 aromatic carbocycles. The van der Waals surface area contributed by atoms with Crippen LogP contribution in [0.5, 0.6) is 0 Å². The maximum Gasteiger partial charge on any atom is 0.224 e. The number of hydrogen-bond acceptors (Lipinski definition) is 2. The van der Waals surface area contributed by atoms with Crippen molar-refractivity contribution in [1.29, 1.82) is 0 Å². The van der Waals surface area contributed by atoms with Crippen molar-refractivity contribution < 1.29 is 4.79 Å². The van der Waals surface area contributed by atoms with Crippen molar-refractivity contribution in [2.45, 2.75) is 83.3 Å². The first-order valence-electron chi connectivity index (χ1n) is 12.0. The molecule has 1 saturated heterocycles. The molecule has 2 heterocycles. The van der Waals surface area contributed by atoms with Gasteiger partial charge < -0.3 is 14.8 Å². The molecule has 3 aliphatic rings. The number of likely N-dealkylation sites (tertiary alicyclic amines) is 1. The predicted molar refractivity (Wildman–Crippen MR) is 130 cm³/mol. The first-order chi connectivity index (χ1) is 14.4. The van der Waals surface area contributed by atoms with Crippen molar-refractivity contribution in [1.82, 2.24) is 14.8 Å². The van der Waals surface area contributed by atoms with Crippen LogP contribution >= 0.6 is 12.4 Å². The molecule has 1 aliphatic heterocycles. The van der Waals surface area contributed by atoms with Gasteiger partial charge in [0.1, 0.15) is 0 Å². The third-order valence-corrected chi connectivity index (χ3v) is 8.16. The van der Waals surface area contributed by atoms with E-state index in [1.165, 1.54) is 34.9 Å². The van der Waals surface area contributed by atoms with Gasteiger partial charge in [-0.25, -0.2) is 0 Å². The van der Waals surface area contributed by atoms with Crippen LogP contribution < -0.4 is 5.32 Å². The van der Waals surface area contributed by atoms with Crippen molar-refractivity contribution in [3.05, 3.63) is 35.5 Å². The molecule has 1 unspecified atom stereocenters. The summed E-state index contributed by atoms with van der Waals surface area (Å²) in [5.74, 6) is 1.65. The Labute approximate surface area is 193 Å². The third kappa shape index (κ3) is 4.02. The molecule has 1 N–H and O–H groups in total. The molecule has 0 bridgehead atoms. The zero-order valence-electron chi connectivity index (χ0n) is 19.4. The first-order valence-corrected chi connectivity index (χ1v) is 12.0. The number of likely N-dealkylation sites (N-methyl/N-ethyl adjacent to an activating group) is 1. The van der Waals surface area contributed by atoms with Crippen LogP contribution in [0, 0.1) is 11.8 Å². The Morgan fingerprint density at radius 1 is 1.16 bits per heavy atom. The molecule has 4 nitrogen and oxygen atoms in total. The summed E-state index contributed by atoms with van der Waals surface area (Å²) in [6.07, 6.45) is 9.25. The van der Waals surface area contributed by atoms with E-state index in [2.05, 4.69) is 67.0 Å². The highest BCUT2D eigenvalue weighted by Crippen LogP contribution is 2.45. The zero-order valence-corrected chi connectivity index (χ0v) is 20.3. The number of carbonyl (C=O) groups is 1. The van der Waals surface area contributed by atoms with E-state index in [4.69, 9.17) is 0 Å². The SMILES string of the molecule is CC1CCC(NC(=O)[C@@H]2CC3c4cccc5c4c(cn5C(C)C)C[C@H]3N(C)C2)CC1.Cl. The number of rotatable bonds is 3. The average molecular weight is 444 g/mol. The second-order valence-electron chi connectivity index (χ2n) is 10.6. The van der Waals surface area contributed by atoms with Crippen LogP contribution in [0.1, 0.15) is 76.0 Å². The Bertz CT molecular complexity index is 944. The van der Waals surface area contributed by atoms with E-state index in [1.54, 1.807) is 0 Å². The number of hydrogen-bond donors (Lipinski definition) is 1. The zero-order chi connectivity index (χ0) is 21.0. The number of nitrogens with zero attached hydrogens (tertiary/aromatic N) is 2. The lowest BCUT2D eigenvalue weighted by Gasteiger charge is -2.45. The van der Waals surface area contributed by atoms with E-state index < -0.39 is 0 Å². The monoisotopic (exact) mass is 443 g/mol. The van der Waals surface area contributed by atoms with Gasteiger partial charge in [-0.15, -0.1) is 12.4 Å². The average Bonchev–Trinajstić information content (AvgIpc) is 3.10. The maximum atomic E-state index is 13.2. The standard InChI is InChI=1S/C26H37N3O.ClH/c1-16(2)29-15-18-13-24-22(21-6-5-7-23(29)25(18)21)12-19(14-28(24)4)26(30)27-20-10-8-17(3)9-11-20;/h5-7,15-17,19-20,22,24H,8-14H2,1-4H3,(H,27,30);1H/t17?,19-,20?,22?,24-;/m1./s1. The van der Waals surface area contributed by atoms with Gasteiger partial charge >= 0.3 is 0 Å². The summed E-state index contributed by atoms with van der Waals surface area (Å²) in [7, 11) is 2.23. The van der Waals surface area contributed by atoms with Crippen LogP contribution in [0.15, 0.2) is 24.4 Å². The van der Waals surface area contributed by atoms with Crippen LogP contribution in [0.25, 0.3) is 10.9 Å². The number of halogens is 1. The molecule has 1 amide bonds. The molecule has 3 atom stereocenters. The first kappa shape index (κ1) is 22.7. The van der Waals surface area contributed by atoms with Gasteiger partial charge in [0, 0.05) is 47.7 Å². The van der Waals surface area contributed by atoms with Crippen molar-refractivity contribution in [3.63, 3.8) is 0 Å². The van der Waals surface area contributed by atoms with Crippen LogP contribution in [0.4, 0.5) is 0 Å². The van der Waals surface area contributed by atoms with Crippen LogP contribution in [0.3, 0.4) is 0 Å². The minimum atomic E-state index is 0. The number of carbonyl (C=O) groups excluding carboxylic acids is 1. The molecule has 2 aromatic rings. The number of nitrogens with one attached hydrogen (secondary N) is 1. The molecule has 1 saturated carbocycles. The van der Waals surface area contributed by atoms with E-state index in [0.717, 1.165) is 38.1 Å². The van der Waals surface area contributed by atoms with Gasteiger partial charge in [0.25, 0.3) is 0 Å². The summed E-state index contributed by atoms with van der Waals surface area (Å²) in [5.41, 5.74) is 4.32. The fourth-order valence-electron chi connectivity index (χ4n) is 6.41. The fourth-order valence-corrected chi connectivity index (χ4v) is 6.41. The summed E-state index contributed by atoms with van der Waals surface area (Å²) in [6.45, 7) is 7.74. The van der Waals surface area contributed by atoms with E-state index in [0.29, 0.717) is 24.0 Å². The Balaban J connectivity index is 0.00000231. The fraction of sp³-hybridized carbons (Fsp3) is 0.654. The summed E-state index contributed by atoms with van der Waals surface area (Å²) < 4.78 is 2.43. The van der Waals surface area contributed by atoms with Crippen LogP contribution in [0.2, 0.25) is 0 Å². The van der Waals surface area contributed by atoms with Crippen LogP contribution in [-0.2, 0) is 11.2 Å². The highest BCUT2D eigenvalue weighted by atomic mass is 35.5. The smallest absolute Gasteiger partial charge is 0.224 e. The Hall–Kier alpha value is -1.52. The molecule has 2 fully saturated rings. The lowest BCUT2D eigenvalue weighted by molar-refractivity contribution is -0.128. The maximum absolute atomic E-state index is 13.2. The van der Waals surface area contributed by atoms with Gasteiger partial charge in [0.2, 0.25) is 5.91 Å². The third-order valence-electron chi connectivity index (χ3n) is 8.16. The molecule has 170 valence electrons. The second kappa shape index (κ2) is 8.78. The number of fused-ring (bicyclic) bond motifs is 2. The van der Waals surface area contributed by atoms with E-state index in [9.17, 15) is 4.79 Å². The summed E-state index contributed by atoms with van der Waals surface area (Å²) in [6, 6.07) is 8.17. The van der Waals surface area contributed by atoms with Gasteiger partial charge in [0.15, 0.2) is 0 Å². The minimum absolute atomic E-state index is 0. The van der Waals surface area contributed by atoms with Crippen molar-refractivity contribution >= 4 is 29.2 Å². The number of amides is 1. The van der Waals surface area contributed by atoms with Gasteiger partial charge in [-0.2, -0.15) is 0 Å². The van der Waals surface area contributed by atoms with Gasteiger partial charge in [-0.3, -0.25) is 4.79 Å². The number of benzene rings is 1. The van der Waals surface area contributed by atoms with Gasteiger partial charge in [0.05, 0.1) is 5.92 Å². The molecule has 1 aromatic heterocycles. The molecular formula is C26H38ClN3O. The second-order valence-corrected chi connectivity index (χ2v) is 10.6. The summed E-state index contributed by atoms with van der Waals surface area (Å²) in [5, 5.41) is 4.88. The molecule has 0 spiro atoms. The Kier molecular flexibility index (Phi) is 6.42. The lowest BCUT2D eigenvalue weighted by Crippen LogP contribution is -2.52. The summed E-state index contributed by atoms with van der Waals surface area (Å²) in [4.78, 5) is 15.7. The topological polar surface area (TPSA) is 37.3 Å².